The molecule has 6 nitrogen and oxygen atoms in total. The van der Waals surface area contributed by atoms with Gasteiger partial charge in [-0.2, -0.15) is 0 Å². The fourth-order valence-electron chi connectivity index (χ4n) is 5.45. The first kappa shape index (κ1) is 25.0. The SMILES string of the molecule is O=C1N(Cc2ccccc2)c2ccc(Br)cc2C1(O)C1(O)C(=O)N(Cc2ccccc2)c2ccc(Br)cc21. The number of benzene rings is 4. The molecule has 8 heteroatoms. The van der Waals surface area contributed by atoms with Crippen molar-refractivity contribution in [3.63, 3.8) is 0 Å². The molecule has 2 atom stereocenters. The Morgan fingerprint density at radius 3 is 1.32 bits per heavy atom. The number of anilines is 2. The van der Waals surface area contributed by atoms with E-state index in [1.54, 1.807) is 36.4 Å². The van der Waals surface area contributed by atoms with Crippen LogP contribution in [0.5, 0.6) is 0 Å². The number of nitrogens with zero attached hydrogens (tertiary/aromatic N) is 2. The lowest BCUT2D eigenvalue weighted by Crippen LogP contribution is -2.60. The zero-order chi connectivity index (χ0) is 26.7. The Morgan fingerprint density at radius 1 is 0.579 bits per heavy atom. The van der Waals surface area contributed by atoms with Crippen LogP contribution < -0.4 is 9.80 Å². The van der Waals surface area contributed by atoms with Gasteiger partial charge in [-0.15, -0.1) is 0 Å². The van der Waals surface area contributed by atoms with Gasteiger partial charge in [0.05, 0.1) is 24.5 Å². The largest absolute Gasteiger partial charge is 0.372 e. The minimum absolute atomic E-state index is 0.163. The summed E-state index contributed by atoms with van der Waals surface area (Å²) >= 11 is 6.88. The summed E-state index contributed by atoms with van der Waals surface area (Å²) in [6.07, 6.45) is 0. The fraction of sp³-hybridized carbons (Fsp3) is 0.133. The minimum atomic E-state index is -2.57. The molecule has 2 aliphatic rings. The molecule has 190 valence electrons. The minimum Gasteiger partial charge on any atom is -0.372 e. The second kappa shape index (κ2) is 9.17. The molecule has 0 saturated heterocycles. The van der Waals surface area contributed by atoms with Crippen LogP contribution in [0.2, 0.25) is 0 Å². The standard InChI is InChI=1S/C30H22Br2N2O4/c31-21-11-13-25-23(15-21)29(37,27(35)33(25)17-19-7-3-1-4-8-19)30(38)24-16-22(32)12-14-26(24)34(28(30)36)18-20-9-5-2-6-10-20/h1-16,37-38H,17-18H2. The van der Waals surface area contributed by atoms with E-state index < -0.39 is 23.0 Å². The molecule has 2 amide bonds. The van der Waals surface area contributed by atoms with Crippen molar-refractivity contribution in [1.82, 2.24) is 0 Å². The van der Waals surface area contributed by atoms with E-state index in [2.05, 4.69) is 31.9 Å². The van der Waals surface area contributed by atoms with Gasteiger partial charge in [-0.1, -0.05) is 92.5 Å². The van der Waals surface area contributed by atoms with Crippen LogP contribution in [0.25, 0.3) is 0 Å². The first-order valence-corrected chi connectivity index (χ1v) is 13.6. The molecule has 4 aromatic rings. The maximum absolute atomic E-state index is 14.2. The van der Waals surface area contributed by atoms with Crippen LogP contribution in [-0.4, -0.2) is 22.0 Å². The van der Waals surface area contributed by atoms with Crippen LogP contribution in [0.15, 0.2) is 106 Å². The third-order valence-electron chi connectivity index (χ3n) is 7.28. The lowest BCUT2D eigenvalue weighted by molar-refractivity contribution is -0.184. The van der Waals surface area contributed by atoms with E-state index >= 15 is 0 Å². The van der Waals surface area contributed by atoms with Crippen molar-refractivity contribution in [1.29, 1.82) is 0 Å². The van der Waals surface area contributed by atoms with Gasteiger partial charge in [-0.05, 0) is 47.5 Å². The van der Waals surface area contributed by atoms with Crippen molar-refractivity contribution < 1.29 is 19.8 Å². The van der Waals surface area contributed by atoms with Gasteiger partial charge >= 0.3 is 0 Å². The molecular weight excluding hydrogens is 612 g/mol. The molecule has 2 N–H and O–H groups in total. The Balaban J connectivity index is 1.53. The van der Waals surface area contributed by atoms with Gasteiger partial charge in [0.2, 0.25) is 11.2 Å². The van der Waals surface area contributed by atoms with Crippen molar-refractivity contribution in [3.8, 4) is 0 Å². The first-order chi connectivity index (χ1) is 18.2. The summed E-state index contributed by atoms with van der Waals surface area (Å²) in [5, 5.41) is 24.8. The normalized spacial score (nSPS) is 22.1. The third kappa shape index (κ3) is 3.59. The van der Waals surface area contributed by atoms with Crippen LogP contribution in [0.4, 0.5) is 11.4 Å². The Hall–Kier alpha value is -3.30. The molecule has 4 aromatic carbocycles. The highest BCUT2D eigenvalue weighted by molar-refractivity contribution is 9.10. The Morgan fingerprint density at radius 2 is 0.947 bits per heavy atom. The number of amides is 2. The number of carbonyl (C=O) groups excluding carboxylic acids is 2. The van der Waals surface area contributed by atoms with E-state index in [1.807, 2.05) is 60.7 Å². The average molecular weight is 634 g/mol. The molecule has 0 saturated carbocycles. The number of hydrogen-bond donors (Lipinski definition) is 2. The predicted octanol–water partition coefficient (Wildman–Crippen LogP) is 5.38. The van der Waals surface area contributed by atoms with E-state index in [0.29, 0.717) is 20.3 Å². The number of aliphatic hydroxyl groups is 2. The van der Waals surface area contributed by atoms with Crippen molar-refractivity contribution in [3.05, 3.63) is 128 Å². The summed E-state index contributed by atoms with van der Waals surface area (Å²) in [4.78, 5) is 31.3. The molecule has 0 radical (unpaired) electrons. The predicted molar refractivity (Wildman–Crippen MR) is 151 cm³/mol. The van der Waals surface area contributed by atoms with Crippen LogP contribution in [0, 0.1) is 0 Å². The summed E-state index contributed by atoms with van der Waals surface area (Å²) in [6, 6.07) is 28.9. The van der Waals surface area contributed by atoms with Gasteiger partial charge in [-0.3, -0.25) is 9.59 Å². The topological polar surface area (TPSA) is 81.1 Å². The molecule has 0 bridgehead atoms. The molecule has 0 aromatic heterocycles. The molecule has 38 heavy (non-hydrogen) atoms. The molecule has 2 aliphatic heterocycles. The average Bonchev–Trinajstić information content (AvgIpc) is 3.27. The van der Waals surface area contributed by atoms with Crippen molar-refractivity contribution >= 4 is 55.0 Å². The summed E-state index contributed by atoms with van der Waals surface area (Å²) in [5.74, 6) is -1.53. The second-order valence-corrected chi connectivity index (χ2v) is 11.3. The quantitative estimate of drug-likeness (QED) is 0.309. The van der Waals surface area contributed by atoms with Crippen molar-refractivity contribution in [2.45, 2.75) is 24.3 Å². The number of halogens is 2. The monoisotopic (exact) mass is 632 g/mol. The Kier molecular flexibility index (Phi) is 6.03. The van der Waals surface area contributed by atoms with Gasteiger partial charge in [0, 0.05) is 20.1 Å². The maximum Gasteiger partial charge on any atom is 0.268 e. The number of rotatable bonds is 5. The maximum atomic E-state index is 14.2. The highest BCUT2D eigenvalue weighted by Gasteiger charge is 2.70. The number of hydrogen-bond acceptors (Lipinski definition) is 4. The zero-order valence-corrected chi connectivity index (χ0v) is 23.2. The van der Waals surface area contributed by atoms with Crippen LogP contribution >= 0.6 is 31.9 Å². The highest BCUT2D eigenvalue weighted by atomic mass is 79.9. The Bertz CT molecular complexity index is 1460. The molecule has 6 rings (SSSR count). The summed E-state index contributed by atoms with van der Waals surface area (Å²) in [6.45, 7) is 0.333. The third-order valence-corrected chi connectivity index (χ3v) is 8.26. The van der Waals surface area contributed by atoms with Gasteiger partial charge in [0.25, 0.3) is 11.8 Å². The number of carbonyl (C=O) groups is 2. The smallest absolute Gasteiger partial charge is 0.268 e. The molecular formula is C30H22Br2N2O4. The molecule has 2 unspecified atom stereocenters. The molecule has 0 fully saturated rings. The van der Waals surface area contributed by atoms with E-state index in [0.717, 1.165) is 11.1 Å². The lowest BCUT2D eigenvalue weighted by Gasteiger charge is -2.36. The number of fused-ring (bicyclic) bond motifs is 2. The highest BCUT2D eigenvalue weighted by Crippen LogP contribution is 2.57. The van der Waals surface area contributed by atoms with Gasteiger partial charge in [-0.25, -0.2) is 0 Å². The van der Waals surface area contributed by atoms with Crippen molar-refractivity contribution in [2.24, 2.45) is 0 Å². The molecule has 0 spiro atoms. The van der Waals surface area contributed by atoms with E-state index in [9.17, 15) is 19.8 Å². The fourth-order valence-corrected chi connectivity index (χ4v) is 6.17. The van der Waals surface area contributed by atoms with Crippen LogP contribution in [-0.2, 0) is 33.9 Å². The second-order valence-electron chi connectivity index (χ2n) is 9.50. The van der Waals surface area contributed by atoms with E-state index in [4.69, 9.17) is 0 Å². The van der Waals surface area contributed by atoms with Gasteiger partial charge in [0.15, 0.2) is 0 Å². The summed E-state index contributed by atoms with van der Waals surface area (Å²) in [7, 11) is 0. The van der Waals surface area contributed by atoms with E-state index in [1.165, 1.54) is 9.80 Å². The molecule has 2 heterocycles. The Labute approximate surface area is 236 Å². The van der Waals surface area contributed by atoms with E-state index in [-0.39, 0.29) is 24.2 Å². The first-order valence-electron chi connectivity index (χ1n) is 12.0. The van der Waals surface area contributed by atoms with Gasteiger partial charge in [0.1, 0.15) is 0 Å². The summed E-state index contributed by atoms with van der Waals surface area (Å²) in [5.41, 5.74) is -2.26. The summed E-state index contributed by atoms with van der Waals surface area (Å²) < 4.78 is 1.21. The van der Waals surface area contributed by atoms with Crippen LogP contribution in [0.3, 0.4) is 0 Å². The van der Waals surface area contributed by atoms with Gasteiger partial charge < -0.3 is 20.0 Å². The van der Waals surface area contributed by atoms with Crippen molar-refractivity contribution in [2.75, 3.05) is 9.80 Å². The molecule has 0 aliphatic carbocycles. The van der Waals surface area contributed by atoms with Crippen LogP contribution in [0.1, 0.15) is 22.3 Å². The zero-order valence-electron chi connectivity index (χ0n) is 20.0. The lowest BCUT2D eigenvalue weighted by atomic mass is 9.74.